The topological polar surface area (TPSA) is 32.7 Å². The van der Waals surface area contributed by atoms with Gasteiger partial charge < -0.3 is 14.7 Å². The Labute approximate surface area is 138 Å². The molecule has 0 radical (unpaired) electrons. The molecule has 0 amide bonds. The van der Waals surface area contributed by atoms with Crippen molar-refractivity contribution < 1.29 is 9.84 Å². The number of fused-ring (bicyclic) bond motifs is 1. The first-order valence-corrected chi connectivity index (χ1v) is 8.62. The van der Waals surface area contributed by atoms with E-state index in [1.54, 1.807) is 0 Å². The number of β-amino-alcohol motifs (C(OH)–C–C–N with tert-alkyl or cyclic N) is 1. The van der Waals surface area contributed by atoms with E-state index in [1.165, 1.54) is 11.8 Å². The van der Waals surface area contributed by atoms with Gasteiger partial charge >= 0.3 is 0 Å². The first kappa shape index (κ1) is 16.3. The largest absolute Gasteiger partial charge is 0.491 e. The first-order valence-electron chi connectivity index (χ1n) is 8.62. The van der Waals surface area contributed by atoms with Gasteiger partial charge in [0.05, 0.1) is 0 Å². The second-order valence-corrected chi connectivity index (χ2v) is 7.14. The smallest absolute Gasteiger partial charge is 0.120 e. The molecule has 1 saturated heterocycles. The Morgan fingerprint density at radius 1 is 1.09 bits per heavy atom. The van der Waals surface area contributed by atoms with Crippen LogP contribution in [0, 0.1) is 11.8 Å². The predicted molar refractivity (Wildman–Crippen MR) is 94.8 cm³/mol. The van der Waals surface area contributed by atoms with Crippen LogP contribution in [0.1, 0.15) is 20.3 Å². The number of benzene rings is 2. The van der Waals surface area contributed by atoms with Gasteiger partial charge in [-0.15, -0.1) is 0 Å². The van der Waals surface area contributed by atoms with Crippen molar-refractivity contribution in [1.29, 1.82) is 0 Å². The van der Waals surface area contributed by atoms with E-state index < -0.39 is 6.10 Å². The van der Waals surface area contributed by atoms with Crippen molar-refractivity contribution in [1.82, 2.24) is 4.90 Å². The van der Waals surface area contributed by atoms with Gasteiger partial charge in [-0.05, 0) is 41.2 Å². The van der Waals surface area contributed by atoms with E-state index >= 15 is 0 Å². The Balaban J connectivity index is 1.52. The Hall–Kier alpha value is -1.58. The van der Waals surface area contributed by atoms with Crippen LogP contribution in [-0.2, 0) is 0 Å². The van der Waals surface area contributed by atoms with Crippen LogP contribution >= 0.6 is 0 Å². The highest BCUT2D eigenvalue weighted by Gasteiger charge is 2.23. The number of rotatable bonds is 5. The third-order valence-electron chi connectivity index (χ3n) is 4.58. The molecule has 0 bridgehead atoms. The Kier molecular flexibility index (Phi) is 5.19. The van der Waals surface area contributed by atoms with Crippen molar-refractivity contribution in [2.24, 2.45) is 11.8 Å². The molecule has 1 aliphatic rings. The number of likely N-dealkylation sites (tertiary alicyclic amines) is 1. The maximum atomic E-state index is 10.3. The second-order valence-electron chi connectivity index (χ2n) is 7.14. The van der Waals surface area contributed by atoms with Gasteiger partial charge in [0.2, 0.25) is 0 Å². The standard InChI is InChI=1S/C20H27NO2/c1-15-9-16(2)12-21(11-15)13-19(22)14-23-20-8-7-17-5-3-4-6-18(17)10-20/h3-8,10,15-16,19,22H,9,11-14H2,1-2H3/t15-,16-,19+/m1/s1. The van der Waals surface area contributed by atoms with Crippen LogP contribution in [0.2, 0.25) is 0 Å². The van der Waals surface area contributed by atoms with Crippen molar-refractivity contribution in [2.75, 3.05) is 26.2 Å². The fourth-order valence-corrected chi connectivity index (χ4v) is 3.74. The van der Waals surface area contributed by atoms with Crippen LogP contribution in [0.15, 0.2) is 42.5 Å². The Morgan fingerprint density at radius 3 is 2.52 bits per heavy atom. The average molecular weight is 313 g/mol. The molecule has 0 saturated carbocycles. The van der Waals surface area contributed by atoms with Gasteiger partial charge in [0, 0.05) is 19.6 Å². The molecule has 1 fully saturated rings. The maximum Gasteiger partial charge on any atom is 0.120 e. The molecule has 0 unspecified atom stereocenters. The number of hydrogen-bond acceptors (Lipinski definition) is 3. The summed E-state index contributed by atoms with van der Waals surface area (Å²) in [5, 5.41) is 12.7. The van der Waals surface area contributed by atoms with Crippen molar-refractivity contribution >= 4 is 10.8 Å². The molecule has 23 heavy (non-hydrogen) atoms. The minimum Gasteiger partial charge on any atom is -0.491 e. The Bertz CT molecular complexity index is 632. The van der Waals surface area contributed by atoms with Crippen molar-refractivity contribution in [3.63, 3.8) is 0 Å². The van der Waals surface area contributed by atoms with Crippen molar-refractivity contribution in [3.8, 4) is 5.75 Å². The number of piperidine rings is 1. The highest BCUT2D eigenvalue weighted by Crippen LogP contribution is 2.22. The van der Waals surface area contributed by atoms with Crippen LogP contribution in [0.5, 0.6) is 5.75 Å². The summed E-state index contributed by atoms with van der Waals surface area (Å²) in [7, 11) is 0. The normalized spacial score (nSPS) is 23.8. The number of ether oxygens (including phenoxy) is 1. The number of hydrogen-bond donors (Lipinski definition) is 1. The lowest BCUT2D eigenvalue weighted by molar-refractivity contribution is 0.0429. The van der Waals surface area contributed by atoms with E-state index in [0.29, 0.717) is 25.0 Å². The summed E-state index contributed by atoms with van der Waals surface area (Å²) in [6.45, 7) is 7.79. The van der Waals surface area contributed by atoms with E-state index in [9.17, 15) is 5.11 Å². The molecule has 3 nitrogen and oxygen atoms in total. The third-order valence-corrected chi connectivity index (χ3v) is 4.58. The molecule has 1 N–H and O–H groups in total. The van der Waals surface area contributed by atoms with Gasteiger partial charge in [0.15, 0.2) is 0 Å². The highest BCUT2D eigenvalue weighted by atomic mass is 16.5. The quantitative estimate of drug-likeness (QED) is 0.916. The number of aliphatic hydroxyl groups excluding tert-OH is 1. The summed E-state index contributed by atoms with van der Waals surface area (Å²) in [5.74, 6) is 2.25. The molecule has 3 atom stereocenters. The van der Waals surface area contributed by atoms with Gasteiger partial charge in [-0.2, -0.15) is 0 Å². The molecule has 2 aromatic carbocycles. The van der Waals surface area contributed by atoms with E-state index in [-0.39, 0.29) is 0 Å². The molecule has 3 rings (SSSR count). The van der Waals surface area contributed by atoms with Gasteiger partial charge in [-0.1, -0.05) is 44.2 Å². The lowest BCUT2D eigenvalue weighted by Crippen LogP contribution is -2.43. The van der Waals surface area contributed by atoms with Crippen molar-refractivity contribution in [2.45, 2.75) is 26.4 Å². The first-order chi connectivity index (χ1) is 11.1. The highest BCUT2D eigenvalue weighted by molar-refractivity contribution is 5.83. The van der Waals surface area contributed by atoms with Crippen LogP contribution in [-0.4, -0.2) is 42.4 Å². The molecule has 2 aromatic rings. The van der Waals surface area contributed by atoms with Gasteiger partial charge in [-0.25, -0.2) is 0 Å². The summed E-state index contributed by atoms with van der Waals surface area (Å²) < 4.78 is 5.79. The molecular weight excluding hydrogens is 286 g/mol. The molecule has 3 heteroatoms. The van der Waals surface area contributed by atoms with E-state index in [1.807, 2.05) is 24.3 Å². The van der Waals surface area contributed by atoms with Gasteiger partial charge in [0.25, 0.3) is 0 Å². The molecule has 0 aromatic heterocycles. The summed E-state index contributed by atoms with van der Waals surface area (Å²) in [4.78, 5) is 2.37. The zero-order valence-electron chi connectivity index (χ0n) is 14.1. The maximum absolute atomic E-state index is 10.3. The SMILES string of the molecule is C[C@@H]1C[C@@H](C)CN(C[C@H](O)COc2ccc3ccccc3c2)C1. The molecule has 1 heterocycles. The van der Waals surface area contributed by atoms with Crippen LogP contribution < -0.4 is 4.74 Å². The van der Waals surface area contributed by atoms with Crippen LogP contribution in [0.25, 0.3) is 10.8 Å². The monoisotopic (exact) mass is 313 g/mol. The van der Waals surface area contributed by atoms with Crippen LogP contribution in [0.4, 0.5) is 0 Å². The molecule has 124 valence electrons. The fraction of sp³-hybridized carbons (Fsp3) is 0.500. The number of nitrogens with zero attached hydrogens (tertiary/aromatic N) is 1. The summed E-state index contributed by atoms with van der Waals surface area (Å²) in [5.41, 5.74) is 0. The summed E-state index contributed by atoms with van der Waals surface area (Å²) >= 11 is 0. The van der Waals surface area contributed by atoms with E-state index in [0.717, 1.165) is 24.2 Å². The van der Waals surface area contributed by atoms with E-state index in [4.69, 9.17) is 4.74 Å². The minimum absolute atomic E-state index is 0.345. The summed E-state index contributed by atoms with van der Waals surface area (Å²) in [6.07, 6.45) is 0.846. The lowest BCUT2D eigenvalue weighted by atomic mass is 9.92. The predicted octanol–water partition coefficient (Wildman–Crippen LogP) is 3.56. The molecule has 0 aliphatic carbocycles. The average Bonchev–Trinajstić information content (AvgIpc) is 2.52. The van der Waals surface area contributed by atoms with Crippen LogP contribution in [0.3, 0.4) is 0 Å². The minimum atomic E-state index is -0.445. The van der Waals surface area contributed by atoms with Gasteiger partial charge in [-0.3, -0.25) is 0 Å². The molecule has 1 aliphatic heterocycles. The lowest BCUT2D eigenvalue weighted by Gasteiger charge is -2.35. The summed E-state index contributed by atoms with van der Waals surface area (Å²) in [6, 6.07) is 14.3. The van der Waals surface area contributed by atoms with Crippen molar-refractivity contribution in [3.05, 3.63) is 42.5 Å². The fourth-order valence-electron chi connectivity index (χ4n) is 3.74. The second kappa shape index (κ2) is 7.33. The molecule has 0 spiro atoms. The van der Waals surface area contributed by atoms with Gasteiger partial charge in [0.1, 0.15) is 18.5 Å². The third kappa shape index (κ3) is 4.46. The molecular formula is C20H27NO2. The Morgan fingerprint density at radius 2 is 1.78 bits per heavy atom. The van der Waals surface area contributed by atoms with E-state index in [2.05, 4.69) is 36.9 Å². The zero-order valence-corrected chi connectivity index (χ0v) is 14.1. The number of aliphatic hydroxyl groups is 1. The zero-order chi connectivity index (χ0) is 16.2.